The number of aromatic nitrogens is 2. The maximum absolute atomic E-state index is 12.5. The van der Waals surface area contributed by atoms with Crippen LogP contribution in [0.5, 0.6) is 0 Å². The predicted molar refractivity (Wildman–Crippen MR) is 98.0 cm³/mol. The van der Waals surface area contributed by atoms with Gasteiger partial charge in [-0.15, -0.1) is 0 Å². The van der Waals surface area contributed by atoms with Gasteiger partial charge in [-0.3, -0.25) is 9.48 Å². The molecule has 0 aliphatic carbocycles. The maximum atomic E-state index is 12.5. The van der Waals surface area contributed by atoms with E-state index in [0.717, 1.165) is 30.6 Å². The van der Waals surface area contributed by atoms with E-state index in [0.29, 0.717) is 30.9 Å². The molecule has 2 heterocycles. The number of hydrogen-bond donors (Lipinski definition) is 1. The Labute approximate surface area is 152 Å². The summed E-state index contributed by atoms with van der Waals surface area (Å²) in [5, 5.41) is 7.30. The molecule has 0 atom stereocenters. The second-order valence-electron chi connectivity index (χ2n) is 6.43. The van der Waals surface area contributed by atoms with Gasteiger partial charge in [0.25, 0.3) is 5.91 Å². The summed E-state index contributed by atoms with van der Waals surface area (Å²) >= 11 is 0. The van der Waals surface area contributed by atoms with Gasteiger partial charge in [-0.1, -0.05) is 25.5 Å². The van der Waals surface area contributed by atoms with E-state index in [-0.39, 0.29) is 12.0 Å². The molecule has 0 spiro atoms. The number of nitrogens with one attached hydrogen (secondary N) is 1. The molecule has 7 heteroatoms. The SMILES string of the molecule is CCCCn1cc(C(=O)Nc2ccc(CN3CCOC3=O)cc2)c(C)n1. The summed E-state index contributed by atoms with van der Waals surface area (Å²) in [5.41, 5.74) is 3.02. The first-order valence-corrected chi connectivity index (χ1v) is 8.93. The van der Waals surface area contributed by atoms with E-state index in [1.807, 2.05) is 35.9 Å². The number of nitrogens with zero attached hydrogens (tertiary/aromatic N) is 3. The summed E-state index contributed by atoms with van der Waals surface area (Å²) in [6, 6.07) is 7.48. The summed E-state index contributed by atoms with van der Waals surface area (Å²) in [5.74, 6) is -0.166. The normalized spacial score (nSPS) is 13.8. The molecule has 1 aromatic heterocycles. The number of cyclic esters (lactones) is 1. The Hall–Kier alpha value is -2.83. The number of benzene rings is 1. The first kappa shape index (κ1) is 18.0. The van der Waals surface area contributed by atoms with Crippen LogP contribution in [-0.2, 0) is 17.8 Å². The second kappa shape index (κ2) is 8.03. The van der Waals surface area contributed by atoms with Gasteiger partial charge in [0.1, 0.15) is 6.61 Å². The third-order valence-corrected chi connectivity index (χ3v) is 4.36. The number of unbranched alkanes of at least 4 members (excludes halogenated alkanes) is 1. The summed E-state index contributed by atoms with van der Waals surface area (Å²) in [4.78, 5) is 25.6. The zero-order valence-corrected chi connectivity index (χ0v) is 15.2. The lowest BCUT2D eigenvalue weighted by Crippen LogP contribution is -2.23. The Morgan fingerprint density at radius 1 is 1.31 bits per heavy atom. The van der Waals surface area contributed by atoms with Crippen LogP contribution in [0, 0.1) is 6.92 Å². The van der Waals surface area contributed by atoms with Crippen molar-refractivity contribution >= 4 is 17.7 Å². The average Bonchev–Trinajstić information content (AvgIpc) is 3.20. The van der Waals surface area contributed by atoms with Gasteiger partial charge in [-0.2, -0.15) is 5.10 Å². The van der Waals surface area contributed by atoms with Crippen LogP contribution in [0.2, 0.25) is 0 Å². The second-order valence-corrected chi connectivity index (χ2v) is 6.43. The smallest absolute Gasteiger partial charge is 0.410 e. The van der Waals surface area contributed by atoms with E-state index in [1.54, 1.807) is 11.1 Å². The van der Waals surface area contributed by atoms with Crippen LogP contribution in [0.4, 0.5) is 10.5 Å². The van der Waals surface area contributed by atoms with Crippen LogP contribution in [0.3, 0.4) is 0 Å². The molecule has 0 radical (unpaired) electrons. The topological polar surface area (TPSA) is 76.5 Å². The Balaban J connectivity index is 1.60. The standard InChI is InChI=1S/C19H24N4O3/c1-3-4-9-23-13-17(14(2)21-23)18(24)20-16-7-5-15(6-8-16)12-22-10-11-26-19(22)25/h5-8,13H,3-4,9-12H2,1-2H3,(H,20,24). The molecule has 2 aromatic rings. The molecule has 1 aromatic carbocycles. The van der Waals surface area contributed by atoms with Crippen molar-refractivity contribution in [2.45, 2.75) is 39.8 Å². The van der Waals surface area contributed by atoms with Crippen LogP contribution in [0.25, 0.3) is 0 Å². The van der Waals surface area contributed by atoms with E-state index < -0.39 is 0 Å². The van der Waals surface area contributed by atoms with Crippen molar-refractivity contribution in [2.75, 3.05) is 18.5 Å². The average molecular weight is 356 g/mol. The molecule has 0 saturated carbocycles. The monoisotopic (exact) mass is 356 g/mol. The van der Waals surface area contributed by atoms with Crippen LogP contribution in [0.1, 0.15) is 41.4 Å². The number of rotatable bonds is 7. The molecular weight excluding hydrogens is 332 g/mol. The zero-order chi connectivity index (χ0) is 18.5. The molecule has 3 rings (SSSR count). The largest absolute Gasteiger partial charge is 0.448 e. The van der Waals surface area contributed by atoms with Gasteiger partial charge < -0.3 is 15.0 Å². The maximum Gasteiger partial charge on any atom is 0.410 e. The van der Waals surface area contributed by atoms with E-state index in [9.17, 15) is 9.59 Å². The number of anilines is 1. The zero-order valence-electron chi connectivity index (χ0n) is 15.2. The highest BCUT2D eigenvalue weighted by atomic mass is 16.6. The van der Waals surface area contributed by atoms with Gasteiger partial charge >= 0.3 is 6.09 Å². The number of carbonyl (C=O) groups excluding carboxylic acids is 2. The highest BCUT2D eigenvalue weighted by molar-refractivity contribution is 6.04. The summed E-state index contributed by atoms with van der Waals surface area (Å²) < 4.78 is 6.75. The van der Waals surface area contributed by atoms with Crippen molar-refractivity contribution in [3.63, 3.8) is 0 Å². The molecule has 1 N–H and O–H groups in total. The lowest BCUT2D eigenvalue weighted by Gasteiger charge is -2.13. The van der Waals surface area contributed by atoms with Gasteiger partial charge in [0.05, 0.1) is 17.8 Å². The number of hydrogen-bond acceptors (Lipinski definition) is 4. The Kier molecular flexibility index (Phi) is 5.55. The quantitative estimate of drug-likeness (QED) is 0.826. The number of amides is 2. The van der Waals surface area contributed by atoms with Crippen LogP contribution < -0.4 is 5.32 Å². The van der Waals surface area contributed by atoms with Crippen molar-refractivity contribution in [3.05, 3.63) is 47.3 Å². The van der Waals surface area contributed by atoms with Gasteiger partial charge in [0.2, 0.25) is 0 Å². The molecule has 0 unspecified atom stereocenters. The number of carbonyl (C=O) groups is 2. The summed E-state index contributed by atoms with van der Waals surface area (Å²) in [7, 11) is 0. The van der Waals surface area contributed by atoms with Crippen LogP contribution in [0.15, 0.2) is 30.5 Å². The Morgan fingerprint density at radius 3 is 2.73 bits per heavy atom. The lowest BCUT2D eigenvalue weighted by molar-refractivity contribution is 0.102. The Bertz CT molecular complexity index is 783. The van der Waals surface area contributed by atoms with Gasteiger partial charge in [0.15, 0.2) is 0 Å². The molecule has 26 heavy (non-hydrogen) atoms. The highest BCUT2D eigenvalue weighted by Crippen LogP contribution is 2.16. The molecule has 2 amide bonds. The number of aryl methyl sites for hydroxylation is 2. The Morgan fingerprint density at radius 2 is 2.08 bits per heavy atom. The molecule has 1 aliphatic heterocycles. The fourth-order valence-corrected chi connectivity index (χ4v) is 2.86. The first-order valence-electron chi connectivity index (χ1n) is 8.93. The lowest BCUT2D eigenvalue weighted by atomic mass is 10.2. The van der Waals surface area contributed by atoms with Crippen molar-refractivity contribution in [3.8, 4) is 0 Å². The number of ether oxygens (including phenoxy) is 1. The van der Waals surface area contributed by atoms with E-state index in [4.69, 9.17) is 4.74 Å². The summed E-state index contributed by atoms with van der Waals surface area (Å²) in [6.45, 7) is 6.35. The molecule has 1 saturated heterocycles. The molecule has 7 nitrogen and oxygen atoms in total. The van der Waals surface area contributed by atoms with E-state index in [1.165, 1.54) is 0 Å². The van der Waals surface area contributed by atoms with Crippen molar-refractivity contribution < 1.29 is 14.3 Å². The van der Waals surface area contributed by atoms with Crippen molar-refractivity contribution in [1.82, 2.24) is 14.7 Å². The van der Waals surface area contributed by atoms with Gasteiger partial charge in [-0.25, -0.2) is 4.79 Å². The van der Waals surface area contributed by atoms with Gasteiger partial charge in [0, 0.05) is 25.0 Å². The van der Waals surface area contributed by atoms with Crippen molar-refractivity contribution in [1.29, 1.82) is 0 Å². The summed E-state index contributed by atoms with van der Waals surface area (Å²) in [6.07, 6.45) is 3.64. The van der Waals surface area contributed by atoms with Crippen LogP contribution >= 0.6 is 0 Å². The molecule has 138 valence electrons. The fraction of sp³-hybridized carbons (Fsp3) is 0.421. The third kappa shape index (κ3) is 4.22. The van der Waals surface area contributed by atoms with E-state index >= 15 is 0 Å². The highest BCUT2D eigenvalue weighted by Gasteiger charge is 2.21. The molecule has 0 bridgehead atoms. The minimum Gasteiger partial charge on any atom is -0.448 e. The van der Waals surface area contributed by atoms with E-state index in [2.05, 4.69) is 17.3 Å². The fourth-order valence-electron chi connectivity index (χ4n) is 2.86. The molecular formula is C19H24N4O3. The molecule has 1 aliphatic rings. The van der Waals surface area contributed by atoms with Gasteiger partial charge in [-0.05, 0) is 31.0 Å². The predicted octanol–water partition coefficient (Wildman–Crippen LogP) is 3.20. The minimum absolute atomic E-state index is 0.166. The minimum atomic E-state index is -0.280. The van der Waals surface area contributed by atoms with Crippen molar-refractivity contribution in [2.24, 2.45) is 0 Å². The van der Waals surface area contributed by atoms with Crippen LogP contribution in [-0.4, -0.2) is 39.8 Å². The first-order chi connectivity index (χ1) is 12.6. The third-order valence-electron chi connectivity index (χ3n) is 4.36. The molecule has 1 fully saturated rings.